The van der Waals surface area contributed by atoms with Gasteiger partial charge < -0.3 is 15.7 Å². The number of nitrogens with zero attached hydrogens (tertiary/aromatic N) is 2. The van der Waals surface area contributed by atoms with Gasteiger partial charge in [0.2, 0.25) is 0 Å². The summed E-state index contributed by atoms with van der Waals surface area (Å²) in [7, 11) is 0. The van der Waals surface area contributed by atoms with E-state index >= 15 is 0 Å². The minimum Gasteiger partial charge on any atom is -0.481 e. The van der Waals surface area contributed by atoms with Gasteiger partial charge >= 0.3 is 5.97 Å². The Kier molecular flexibility index (Phi) is 5.49. The van der Waals surface area contributed by atoms with E-state index in [2.05, 4.69) is 4.98 Å². The molecule has 4 N–H and O–H groups in total. The summed E-state index contributed by atoms with van der Waals surface area (Å²) in [6.07, 6.45) is 3.18. The molecule has 27 heavy (non-hydrogen) atoms. The summed E-state index contributed by atoms with van der Waals surface area (Å²) in [5.41, 5.74) is 8.23. The van der Waals surface area contributed by atoms with E-state index in [0.29, 0.717) is 24.2 Å². The lowest BCUT2D eigenvalue weighted by atomic mass is 9.93. The maximum atomic E-state index is 12.7. The van der Waals surface area contributed by atoms with Crippen molar-refractivity contribution in [2.45, 2.75) is 19.3 Å². The lowest BCUT2D eigenvalue weighted by Gasteiger charge is -2.31. The molecule has 0 aliphatic carbocycles. The molecule has 2 heterocycles. The van der Waals surface area contributed by atoms with Gasteiger partial charge in [0, 0.05) is 42.4 Å². The highest BCUT2D eigenvalue weighted by Gasteiger charge is 2.25. The Balaban J connectivity index is 1.64. The van der Waals surface area contributed by atoms with Crippen molar-refractivity contribution in [2.24, 2.45) is 11.7 Å². The number of hydrogen-bond donors (Lipinski definition) is 3. The number of carboxylic acids is 1. The van der Waals surface area contributed by atoms with Crippen LogP contribution in [0, 0.1) is 11.3 Å². The second-order valence-electron chi connectivity index (χ2n) is 6.76. The minimum absolute atomic E-state index is 0.0258. The van der Waals surface area contributed by atoms with Crippen LogP contribution < -0.4 is 5.73 Å². The molecule has 1 aliphatic heterocycles. The predicted molar refractivity (Wildman–Crippen MR) is 102 cm³/mol. The number of benzene rings is 1. The molecule has 3 rings (SSSR count). The van der Waals surface area contributed by atoms with Crippen molar-refractivity contribution in [3.8, 4) is 11.3 Å². The van der Waals surface area contributed by atoms with Gasteiger partial charge in [-0.25, -0.2) is 0 Å². The Morgan fingerprint density at radius 1 is 1.11 bits per heavy atom. The summed E-state index contributed by atoms with van der Waals surface area (Å²) < 4.78 is 0. The highest BCUT2D eigenvalue weighted by atomic mass is 16.4. The summed E-state index contributed by atoms with van der Waals surface area (Å²) in [5.74, 6) is -0.685. The molecule has 0 atom stereocenters. The van der Waals surface area contributed by atoms with Crippen LogP contribution in [0.15, 0.2) is 42.6 Å². The molecule has 1 aromatic carbocycles. The quantitative estimate of drug-likeness (QED) is 0.554. The number of nitrogen functional groups attached to an aromatic ring is 1. The standard InChI is InChI=1S/C20H22N4O3/c21-19(22)16-5-6-17(23-12-16)14-1-3-15(4-2-14)20(27)24-9-7-13(8-10-24)11-18(25)26/h1-6,12-13H,7-11H2,(H3,21,22)(H,25,26). The third kappa shape index (κ3) is 4.49. The molecule has 2 aromatic rings. The molecule has 0 unspecified atom stereocenters. The minimum atomic E-state index is -0.777. The Labute approximate surface area is 157 Å². The summed E-state index contributed by atoms with van der Waals surface area (Å²) in [6, 6.07) is 10.8. The zero-order chi connectivity index (χ0) is 19.4. The third-order valence-electron chi connectivity index (χ3n) is 4.87. The van der Waals surface area contributed by atoms with Crippen molar-refractivity contribution in [1.82, 2.24) is 9.88 Å². The monoisotopic (exact) mass is 366 g/mol. The number of amides is 1. The second-order valence-corrected chi connectivity index (χ2v) is 6.76. The number of carboxylic acid groups (broad SMARTS) is 1. The molecule has 0 radical (unpaired) electrons. The molecule has 7 nitrogen and oxygen atoms in total. The van der Waals surface area contributed by atoms with Crippen LogP contribution in [0.1, 0.15) is 35.2 Å². The van der Waals surface area contributed by atoms with Gasteiger partial charge in [-0.2, -0.15) is 0 Å². The van der Waals surface area contributed by atoms with Crippen LogP contribution >= 0.6 is 0 Å². The first-order valence-electron chi connectivity index (χ1n) is 8.86. The molecule has 1 aliphatic rings. The van der Waals surface area contributed by atoms with Crippen molar-refractivity contribution in [1.29, 1.82) is 5.41 Å². The molecular weight excluding hydrogens is 344 g/mol. The van der Waals surface area contributed by atoms with E-state index in [1.54, 1.807) is 35.4 Å². The number of nitrogens with two attached hydrogens (primary N) is 1. The van der Waals surface area contributed by atoms with Crippen molar-refractivity contribution in [3.05, 3.63) is 53.7 Å². The number of amidine groups is 1. The summed E-state index contributed by atoms with van der Waals surface area (Å²) in [6.45, 7) is 1.18. The zero-order valence-corrected chi connectivity index (χ0v) is 14.9. The molecule has 140 valence electrons. The first-order chi connectivity index (χ1) is 12.9. The molecule has 1 saturated heterocycles. The van der Waals surface area contributed by atoms with Crippen LogP contribution in [-0.2, 0) is 4.79 Å². The number of hydrogen-bond acceptors (Lipinski definition) is 4. The van der Waals surface area contributed by atoms with Crippen LogP contribution in [0.3, 0.4) is 0 Å². The van der Waals surface area contributed by atoms with E-state index in [4.69, 9.17) is 16.2 Å². The number of nitrogens with one attached hydrogen (secondary N) is 1. The van der Waals surface area contributed by atoms with Gasteiger partial charge in [0.1, 0.15) is 5.84 Å². The maximum absolute atomic E-state index is 12.7. The summed E-state index contributed by atoms with van der Waals surface area (Å²) >= 11 is 0. The fourth-order valence-corrected chi connectivity index (χ4v) is 3.28. The van der Waals surface area contributed by atoms with Crippen molar-refractivity contribution >= 4 is 17.7 Å². The SMILES string of the molecule is N=C(N)c1ccc(-c2ccc(C(=O)N3CCC(CC(=O)O)CC3)cc2)nc1. The number of likely N-dealkylation sites (tertiary alicyclic amines) is 1. The third-order valence-corrected chi connectivity index (χ3v) is 4.87. The highest BCUT2D eigenvalue weighted by molar-refractivity contribution is 5.95. The van der Waals surface area contributed by atoms with Gasteiger partial charge in [-0.1, -0.05) is 12.1 Å². The topological polar surface area (TPSA) is 120 Å². The Bertz CT molecular complexity index is 839. The average molecular weight is 366 g/mol. The van der Waals surface area contributed by atoms with Crippen molar-refractivity contribution in [3.63, 3.8) is 0 Å². The lowest BCUT2D eigenvalue weighted by Crippen LogP contribution is -2.38. The number of carbonyl (C=O) groups is 2. The molecule has 0 spiro atoms. The molecule has 0 saturated carbocycles. The van der Waals surface area contributed by atoms with Crippen molar-refractivity contribution in [2.75, 3.05) is 13.1 Å². The van der Waals surface area contributed by atoms with Gasteiger partial charge in [-0.3, -0.25) is 20.0 Å². The van der Waals surface area contributed by atoms with Gasteiger partial charge in [0.05, 0.1) is 5.69 Å². The van der Waals surface area contributed by atoms with Crippen LogP contribution in [0.4, 0.5) is 0 Å². The molecule has 1 fully saturated rings. The van der Waals surface area contributed by atoms with E-state index in [1.807, 2.05) is 12.1 Å². The van der Waals surface area contributed by atoms with Crippen LogP contribution in [0.5, 0.6) is 0 Å². The van der Waals surface area contributed by atoms with Crippen LogP contribution in [-0.4, -0.2) is 45.8 Å². The van der Waals surface area contributed by atoms with E-state index in [0.717, 1.165) is 24.1 Å². The van der Waals surface area contributed by atoms with Gasteiger partial charge in [0.25, 0.3) is 5.91 Å². The molecule has 0 bridgehead atoms. The fourth-order valence-electron chi connectivity index (χ4n) is 3.28. The maximum Gasteiger partial charge on any atom is 0.303 e. The molecular formula is C20H22N4O3. The smallest absolute Gasteiger partial charge is 0.303 e. The number of aliphatic carboxylic acids is 1. The number of carbonyl (C=O) groups excluding carboxylic acids is 1. The van der Waals surface area contributed by atoms with Gasteiger partial charge in [-0.05, 0) is 43.0 Å². The zero-order valence-electron chi connectivity index (χ0n) is 14.9. The van der Waals surface area contributed by atoms with Crippen molar-refractivity contribution < 1.29 is 14.7 Å². The normalized spacial score (nSPS) is 14.7. The highest BCUT2D eigenvalue weighted by Crippen LogP contribution is 2.23. The first-order valence-corrected chi connectivity index (χ1v) is 8.86. The van der Waals surface area contributed by atoms with Crippen LogP contribution in [0.2, 0.25) is 0 Å². The molecule has 1 aromatic heterocycles. The fraction of sp³-hybridized carbons (Fsp3) is 0.300. The number of aromatic nitrogens is 1. The van der Waals surface area contributed by atoms with Gasteiger partial charge in [-0.15, -0.1) is 0 Å². The Morgan fingerprint density at radius 3 is 2.26 bits per heavy atom. The molecule has 7 heteroatoms. The van der Waals surface area contributed by atoms with E-state index in [1.165, 1.54) is 0 Å². The second kappa shape index (κ2) is 7.99. The lowest BCUT2D eigenvalue weighted by molar-refractivity contribution is -0.138. The number of pyridine rings is 1. The Hall–Kier alpha value is -3.22. The molecule has 1 amide bonds. The largest absolute Gasteiger partial charge is 0.481 e. The van der Waals surface area contributed by atoms with E-state index < -0.39 is 5.97 Å². The predicted octanol–water partition coefficient (Wildman–Crippen LogP) is 2.36. The summed E-state index contributed by atoms with van der Waals surface area (Å²) in [4.78, 5) is 29.5. The van der Waals surface area contributed by atoms with E-state index in [9.17, 15) is 9.59 Å². The van der Waals surface area contributed by atoms with E-state index in [-0.39, 0.29) is 24.1 Å². The first kappa shape index (κ1) is 18.6. The number of piperidine rings is 1. The Morgan fingerprint density at radius 2 is 1.74 bits per heavy atom. The summed E-state index contributed by atoms with van der Waals surface area (Å²) in [5, 5.41) is 16.3. The van der Waals surface area contributed by atoms with Gasteiger partial charge in [0.15, 0.2) is 0 Å². The number of rotatable bonds is 5. The van der Waals surface area contributed by atoms with Crippen LogP contribution in [0.25, 0.3) is 11.3 Å². The average Bonchev–Trinajstić information content (AvgIpc) is 2.68.